The van der Waals surface area contributed by atoms with Gasteiger partial charge in [0.25, 0.3) is 0 Å². The molecule has 0 bridgehead atoms. The highest BCUT2D eigenvalue weighted by atomic mass is 32.2. The summed E-state index contributed by atoms with van der Waals surface area (Å²) >= 11 is 3.13. The topological polar surface area (TPSA) is 33.2 Å². The van der Waals surface area contributed by atoms with Crippen LogP contribution in [-0.2, 0) is 4.79 Å². The van der Waals surface area contributed by atoms with E-state index < -0.39 is 0 Å². The van der Waals surface area contributed by atoms with E-state index in [0.29, 0.717) is 5.75 Å². The summed E-state index contributed by atoms with van der Waals surface area (Å²) in [7, 11) is 1.82. The smallest absolute Gasteiger partial charge is 0.237 e. The second-order valence-electron chi connectivity index (χ2n) is 5.03. The normalized spacial score (nSPS) is 10.8. The average molecular weight is 328 g/mol. The first-order valence-electron chi connectivity index (χ1n) is 6.95. The highest BCUT2D eigenvalue weighted by molar-refractivity contribution is 8.01. The molecule has 0 aliphatic heterocycles. The molecule has 0 fully saturated rings. The molecule has 0 saturated carbocycles. The number of aromatic nitrogens is 1. The van der Waals surface area contributed by atoms with Gasteiger partial charge in [-0.25, -0.2) is 4.98 Å². The third kappa shape index (κ3) is 3.31. The Morgan fingerprint density at radius 3 is 2.82 bits per heavy atom. The number of carbonyl (C=O) groups is 1. The molecule has 3 rings (SSSR count). The van der Waals surface area contributed by atoms with Crippen molar-refractivity contribution >= 4 is 44.9 Å². The third-order valence-corrected chi connectivity index (χ3v) is 5.52. The van der Waals surface area contributed by atoms with E-state index in [-0.39, 0.29) is 5.91 Å². The largest absolute Gasteiger partial charge is 0.315 e. The van der Waals surface area contributed by atoms with E-state index in [1.165, 1.54) is 11.8 Å². The number of fused-ring (bicyclic) bond motifs is 1. The molecular formula is C17H16N2OS2. The Morgan fingerprint density at radius 2 is 2.05 bits per heavy atom. The molecular weight excluding hydrogens is 312 g/mol. The van der Waals surface area contributed by atoms with E-state index in [9.17, 15) is 4.79 Å². The van der Waals surface area contributed by atoms with E-state index in [2.05, 4.69) is 11.1 Å². The molecule has 0 saturated heterocycles. The number of anilines is 1. The van der Waals surface area contributed by atoms with E-state index in [4.69, 9.17) is 0 Å². The number of nitrogens with zero attached hydrogens (tertiary/aromatic N) is 2. The van der Waals surface area contributed by atoms with Gasteiger partial charge in [0.05, 0.1) is 16.0 Å². The van der Waals surface area contributed by atoms with Gasteiger partial charge in [-0.1, -0.05) is 36.0 Å². The van der Waals surface area contributed by atoms with Gasteiger partial charge in [0.1, 0.15) is 0 Å². The molecule has 0 aliphatic rings. The first-order valence-corrected chi connectivity index (χ1v) is 8.75. The summed E-state index contributed by atoms with van der Waals surface area (Å²) < 4.78 is 2.09. The van der Waals surface area contributed by atoms with Gasteiger partial charge in [-0.05, 0) is 36.8 Å². The van der Waals surface area contributed by atoms with Crippen LogP contribution < -0.4 is 4.90 Å². The van der Waals surface area contributed by atoms with Crippen LogP contribution in [0.5, 0.6) is 0 Å². The fourth-order valence-electron chi connectivity index (χ4n) is 2.11. The zero-order valence-corrected chi connectivity index (χ0v) is 14.1. The Hall–Kier alpha value is -1.85. The molecule has 0 aliphatic carbocycles. The van der Waals surface area contributed by atoms with Crippen molar-refractivity contribution in [2.75, 3.05) is 17.7 Å². The minimum Gasteiger partial charge on any atom is -0.315 e. The predicted molar refractivity (Wildman–Crippen MR) is 94.9 cm³/mol. The molecule has 0 N–H and O–H groups in total. The molecule has 1 amide bonds. The lowest BCUT2D eigenvalue weighted by Crippen LogP contribution is -2.27. The number of thiazole rings is 1. The number of hydrogen-bond acceptors (Lipinski definition) is 4. The maximum absolute atomic E-state index is 12.3. The quantitative estimate of drug-likeness (QED) is 0.667. The van der Waals surface area contributed by atoms with Crippen LogP contribution in [0.25, 0.3) is 10.2 Å². The summed E-state index contributed by atoms with van der Waals surface area (Å²) in [5, 5.41) is 0. The molecule has 1 heterocycles. The van der Waals surface area contributed by atoms with Crippen LogP contribution >= 0.6 is 23.1 Å². The van der Waals surface area contributed by atoms with Crippen molar-refractivity contribution < 1.29 is 4.79 Å². The fourth-order valence-corrected chi connectivity index (χ4v) is 4.10. The van der Waals surface area contributed by atoms with Gasteiger partial charge in [0, 0.05) is 12.7 Å². The van der Waals surface area contributed by atoms with Crippen molar-refractivity contribution in [3.8, 4) is 0 Å². The van der Waals surface area contributed by atoms with Crippen LogP contribution in [-0.4, -0.2) is 23.7 Å². The van der Waals surface area contributed by atoms with Crippen molar-refractivity contribution in [1.82, 2.24) is 4.98 Å². The van der Waals surface area contributed by atoms with E-state index in [0.717, 1.165) is 25.8 Å². The maximum atomic E-state index is 12.3. The van der Waals surface area contributed by atoms with Crippen LogP contribution in [0.4, 0.5) is 5.69 Å². The zero-order chi connectivity index (χ0) is 15.5. The number of para-hydroxylation sites is 1. The number of benzene rings is 2. The van der Waals surface area contributed by atoms with Crippen LogP contribution in [0, 0.1) is 6.92 Å². The molecule has 0 spiro atoms. The summed E-state index contributed by atoms with van der Waals surface area (Å²) in [6.45, 7) is 2.03. The van der Waals surface area contributed by atoms with Gasteiger partial charge < -0.3 is 4.90 Å². The van der Waals surface area contributed by atoms with Crippen LogP contribution in [0.2, 0.25) is 0 Å². The first-order chi connectivity index (χ1) is 10.6. The van der Waals surface area contributed by atoms with E-state index in [1.54, 1.807) is 16.2 Å². The summed E-state index contributed by atoms with van der Waals surface area (Å²) in [5.41, 5.74) is 3.07. The lowest BCUT2D eigenvalue weighted by atomic mass is 10.2. The van der Waals surface area contributed by atoms with Crippen molar-refractivity contribution in [3.05, 3.63) is 54.1 Å². The molecule has 1 aromatic heterocycles. The minimum absolute atomic E-state index is 0.0786. The average Bonchev–Trinajstić information content (AvgIpc) is 2.94. The molecule has 0 radical (unpaired) electrons. The predicted octanol–water partition coefficient (Wildman–Crippen LogP) is 4.36. The van der Waals surface area contributed by atoms with Crippen LogP contribution in [0.3, 0.4) is 0 Å². The van der Waals surface area contributed by atoms with Gasteiger partial charge in [-0.3, -0.25) is 4.79 Å². The third-order valence-electron chi connectivity index (χ3n) is 3.36. The number of amides is 1. The molecule has 22 heavy (non-hydrogen) atoms. The van der Waals surface area contributed by atoms with E-state index in [1.807, 2.05) is 56.4 Å². The summed E-state index contributed by atoms with van der Waals surface area (Å²) in [6, 6.07) is 16.0. The zero-order valence-electron chi connectivity index (χ0n) is 12.4. The highest BCUT2D eigenvalue weighted by Crippen LogP contribution is 2.29. The molecule has 5 heteroatoms. The summed E-state index contributed by atoms with van der Waals surface area (Å²) in [6.07, 6.45) is 0. The fraction of sp³-hybridized carbons (Fsp3) is 0.176. The SMILES string of the molecule is Cc1cccc(N(C)C(=O)CSc2nc3ccccc3s2)c1. The van der Waals surface area contributed by atoms with Gasteiger partial charge in [-0.2, -0.15) is 0 Å². The Labute approximate surface area is 138 Å². The number of carbonyl (C=O) groups excluding carboxylic acids is 1. The molecule has 3 aromatic rings. The summed E-state index contributed by atoms with van der Waals surface area (Å²) in [5.74, 6) is 0.472. The molecule has 112 valence electrons. The molecule has 0 unspecified atom stereocenters. The first kappa shape index (κ1) is 15.1. The van der Waals surface area contributed by atoms with E-state index >= 15 is 0 Å². The van der Waals surface area contributed by atoms with Gasteiger partial charge >= 0.3 is 0 Å². The second-order valence-corrected chi connectivity index (χ2v) is 7.28. The Morgan fingerprint density at radius 1 is 1.23 bits per heavy atom. The van der Waals surface area contributed by atoms with Crippen LogP contribution in [0.1, 0.15) is 5.56 Å². The Balaban J connectivity index is 1.66. The van der Waals surface area contributed by atoms with Crippen molar-refractivity contribution in [3.63, 3.8) is 0 Å². The molecule has 2 aromatic carbocycles. The number of aryl methyl sites for hydroxylation is 1. The maximum Gasteiger partial charge on any atom is 0.237 e. The lowest BCUT2D eigenvalue weighted by Gasteiger charge is -2.17. The number of rotatable bonds is 4. The van der Waals surface area contributed by atoms with Crippen molar-refractivity contribution in [2.24, 2.45) is 0 Å². The minimum atomic E-state index is 0.0786. The molecule has 0 atom stereocenters. The van der Waals surface area contributed by atoms with Gasteiger partial charge in [0.2, 0.25) is 5.91 Å². The number of thioether (sulfide) groups is 1. The lowest BCUT2D eigenvalue weighted by molar-refractivity contribution is -0.115. The second kappa shape index (κ2) is 6.50. The van der Waals surface area contributed by atoms with Crippen molar-refractivity contribution in [2.45, 2.75) is 11.3 Å². The number of hydrogen-bond donors (Lipinski definition) is 0. The molecule has 3 nitrogen and oxygen atoms in total. The standard InChI is InChI=1S/C17H16N2OS2/c1-12-6-5-7-13(10-12)19(2)16(20)11-21-17-18-14-8-3-4-9-15(14)22-17/h3-10H,11H2,1-2H3. The monoisotopic (exact) mass is 328 g/mol. The van der Waals surface area contributed by atoms with Gasteiger partial charge in [0.15, 0.2) is 4.34 Å². The highest BCUT2D eigenvalue weighted by Gasteiger charge is 2.13. The van der Waals surface area contributed by atoms with Gasteiger partial charge in [-0.15, -0.1) is 11.3 Å². The Bertz CT molecular complexity index is 780. The van der Waals surface area contributed by atoms with Crippen LogP contribution in [0.15, 0.2) is 52.9 Å². The Kier molecular flexibility index (Phi) is 4.45. The van der Waals surface area contributed by atoms with Crippen molar-refractivity contribution in [1.29, 1.82) is 0 Å². The summed E-state index contributed by atoms with van der Waals surface area (Å²) in [4.78, 5) is 18.6.